The Kier molecular flexibility index (Phi) is 10.7. The highest BCUT2D eigenvalue weighted by atomic mass is 35.5. The van der Waals surface area contributed by atoms with Crippen molar-refractivity contribution in [1.82, 2.24) is 5.43 Å². The van der Waals surface area contributed by atoms with Gasteiger partial charge in [-0.3, -0.25) is 4.79 Å². The summed E-state index contributed by atoms with van der Waals surface area (Å²) in [4.78, 5) is 24.0. The zero-order valence-electron chi connectivity index (χ0n) is 17.4. The number of carbonyl (C=O) groups is 2. The molecule has 0 aromatic heterocycles. The van der Waals surface area contributed by atoms with E-state index >= 15 is 0 Å². The molecule has 0 bridgehead atoms. The van der Waals surface area contributed by atoms with E-state index in [0.717, 1.165) is 12.8 Å². The van der Waals surface area contributed by atoms with Gasteiger partial charge in [0.25, 0.3) is 0 Å². The van der Waals surface area contributed by atoms with Crippen molar-refractivity contribution >= 4 is 29.7 Å². The van der Waals surface area contributed by atoms with Crippen molar-refractivity contribution < 1.29 is 14.3 Å². The Morgan fingerprint density at radius 2 is 1.70 bits per heavy atom. The van der Waals surface area contributed by atoms with Gasteiger partial charge in [-0.05, 0) is 48.4 Å². The monoisotopic (exact) mass is 428 g/mol. The molecule has 0 aliphatic carbocycles. The third-order valence-electron chi connectivity index (χ3n) is 4.56. The number of carbonyl (C=O) groups excluding carboxylic acids is 2. The molecule has 1 amide bonds. The average molecular weight is 429 g/mol. The minimum absolute atomic E-state index is 0.0925. The van der Waals surface area contributed by atoms with Gasteiger partial charge < -0.3 is 4.74 Å². The van der Waals surface area contributed by atoms with Gasteiger partial charge in [0.2, 0.25) is 5.91 Å². The molecule has 2 aromatic rings. The number of amides is 1. The third kappa shape index (κ3) is 9.23. The summed E-state index contributed by atoms with van der Waals surface area (Å²) in [6, 6.07) is 13.4. The predicted molar refractivity (Wildman–Crippen MR) is 121 cm³/mol. The van der Waals surface area contributed by atoms with Gasteiger partial charge in [-0.1, -0.05) is 69.2 Å². The zero-order valence-corrected chi connectivity index (χ0v) is 18.2. The lowest BCUT2D eigenvalue weighted by atomic mass is 10.1. The van der Waals surface area contributed by atoms with Crippen LogP contribution in [0.1, 0.15) is 74.2 Å². The minimum atomic E-state index is -0.469. The minimum Gasteiger partial charge on any atom is -0.423 e. The molecule has 0 saturated heterocycles. The highest BCUT2D eigenvalue weighted by Crippen LogP contribution is 2.16. The normalized spacial score (nSPS) is 10.9. The molecule has 0 atom stereocenters. The van der Waals surface area contributed by atoms with E-state index in [-0.39, 0.29) is 5.91 Å². The number of hydrazone groups is 1. The smallest absolute Gasteiger partial charge is 0.343 e. The second-order valence-corrected chi connectivity index (χ2v) is 7.57. The van der Waals surface area contributed by atoms with Crippen molar-refractivity contribution in [2.75, 3.05) is 0 Å². The van der Waals surface area contributed by atoms with Crippen LogP contribution in [0.3, 0.4) is 0 Å². The maximum atomic E-state index is 12.2. The largest absolute Gasteiger partial charge is 0.423 e. The number of rotatable bonds is 12. The maximum Gasteiger partial charge on any atom is 0.343 e. The van der Waals surface area contributed by atoms with Crippen LogP contribution in [-0.2, 0) is 4.79 Å². The number of ether oxygens (including phenoxy) is 1. The van der Waals surface area contributed by atoms with E-state index in [9.17, 15) is 9.59 Å². The van der Waals surface area contributed by atoms with Crippen LogP contribution in [-0.4, -0.2) is 18.1 Å². The van der Waals surface area contributed by atoms with Crippen molar-refractivity contribution in [2.24, 2.45) is 5.10 Å². The van der Waals surface area contributed by atoms with E-state index in [2.05, 4.69) is 17.5 Å². The first-order valence-electron chi connectivity index (χ1n) is 10.5. The highest BCUT2D eigenvalue weighted by Gasteiger charge is 2.08. The average Bonchev–Trinajstić information content (AvgIpc) is 2.74. The van der Waals surface area contributed by atoms with Crippen molar-refractivity contribution in [3.63, 3.8) is 0 Å². The zero-order chi connectivity index (χ0) is 21.6. The number of hydrogen-bond acceptors (Lipinski definition) is 4. The molecule has 6 heteroatoms. The van der Waals surface area contributed by atoms with Crippen LogP contribution in [0.5, 0.6) is 5.75 Å². The molecule has 0 fully saturated rings. The molecule has 0 unspecified atom stereocenters. The summed E-state index contributed by atoms with van der Waals surface area (Å²) >= 11 is 5.83. The number of nitrogens with one attached hydrogen (secondary N) is 1. The number of nitrogens with zero attached hydrogens (tertiary/aromatic N) is 1. The van der Waals surface area contributed by atoms with Gasteiger partial charge in [-0.15, -0.1) is 0 Å². The van der Waals surface area contributed by atoms with Gasteiger partial charge in [0.05, 0.1) is 11.8 Å². The number of unbranched alkanes of at least 4 members (excludes halogenated alkanes) is 6. The van der Waals surface area contributed by atoms with Gasteiger partial charge in [-0.2, -0.15) is 5.10 Å². The molecule has 0 radical (unpaired) electrons. The molecule has 5 nitrogen and oxygen atoms in total. The summed E-state index contributed by atoms with van der Waals surface area (Å²) in [5.41, 5.74) is 3.67. The van der Waals surface area contributed by atoms with Gasteiger partial charge in [0, 0.05) is 11.4 Å². The molecule has 0 saturated carbocycles. The molecule has 2 aromatic carbocycles. The van der Waals surface area contributed by atoms with E-state index in [1.807, 2.05) is 6.07 Å². The quantitative estimate of drug-likeness (QED) is 0.145. The molecule has 0 heterocycles. The Morgan fingerprint density at radius 3 is 2.43 bits per heavy atom. The van der Waals surface area contributed by atoms with Crippen molar-refractivity contribution in [3.05, 3.63) is 64.7 Å². The molecule has 1 N–H and O–H groups in total. The van der Waals surface area contributed by atoms with E-state index in [1.54, 1.807) is 42.5 Å². The van der Waals surface area contributed by atoms with Crippen LogP contribution in [0.25, 0.3) is 0 Å². The predicted octanol–water partition coefficient (Wildman–Crippen LogP) is 6.15. The second kappa shape index (κ2) is 13.5. The molecule has 30 heavy (non-hydrogen) atoms. The summed E-state index contributed by atoms with van der Waals surface area (Å²) in [5.74, 6) is -0.165. The standard InChI is InChI=1S/C24H29ClN2O3/c1-2-3-4-5-6-7-8-12-23(28)27-26-18-19-10-9-11-22(17-19)30-24(29)20-13-15-21(25)16-14-20/h9-11,13-18H,2-8,12H2,1H3,(H,27,28)/b26-18+. The lowest BCUT2D eigenvalue weighted by Gasteiger charge is -2.05. The molecule has 0 aliphatic heterocycles. The fourth-order valence-electron chi connectivity index (χ4n) is 2.89. The van der Waals surface area contributed by atoms with Crippen LogP contribution in [0.4, 0.5) is 0 Å². The SMILES string of the molecule is CCCCCCCCCC(=O)N/N=C/c1cccc(OC(=O)c2ccc(Cl)cc2)c1. The Labute approximate surface area is 183 Å². The summed E-state index contributed by atoms with van der Waals surface area (Å²) in [6.07, 6.45) is 10.2. The van der Waals surface area contributed by atoms with Crippen LogP contribution in [0, 0.1) is 0 Å². The fraction of sp³-hybridized carbons (Fsp3) is 0.375. The molecule has 0 aliphatic rings. The van der Waals surface area contributed by atoms with Crippen molar-refractivity contribution in [2.45, 2.75) is 58.3 Å². The number of benzene rings is 2. The summed E-state index contributed by atoms with van der Waals surface area (Å²) < 4.78 is 5.38. The Bertz CT molecular complexity index is 835. The van der Waals surface area contributed by atoms with Crippen molar-refractivity contribution in [3.8, 4) is 5.75 Å². The number of halogens is 1. The number of esters is 1. The molecule has 160 valence electrons. The second-order valence-electron chi connectivity index (χ2n) is 7.13. The van der Waals surface area contributed by atoms with E-state index in [1.165, 1.54) is 38.3 Å². The molecular weight excluding hydrogens is 400 g/mol. The summed E-state index contributed by atoms with van der Waals surface area (Å²) in [6.45, 7) is 2.20. The highest BCUT2D eigenvalue weighted by molar-refractivity contribution is 6.30. The van der Waals surface area contributed by atoms with Crippen LogP contribution in [0.2, 0.25) is 5.02 Å². The van der Waals surface area contributed by atoms with E-state index in [4.69, 9.17) is 16.3 Å². The van der Waals surface area contributed by atoms with Gasteiger partial charge in [-0.25, -0.2) is 10.2 Å². The van der Waals surface area contributed by atoms with Crippen LogP contribution in [0.15, 0.2) is 53.6 Å². The maximum absolute atomic E-state index is 12.2. The van der Waals surface area contributed by atoms with Crippen LogP contribution < -0.4 is 10.2 Å². The van der Waals surface area contributed by atoms with E-state index < -0.39 is 5.97 Å². The Morgan fingerprint density at radius 1 is 1.00 bits per heavy atom. The topological polar surface area (TPSA) is 67.8 Å². The summed E-state index contributed by atoms with van der Waals surface area (Å²) in [5, 5.41) is 4.54. The molecule has 0 spiro atoms. The first-order valence-corrected chi connectivity index (χ1v) is 10.9. The summed E-state index contributed by atoms with van der Waals surface area (Å²) in [7, 11) is 0. The Hall–Kier alpha value is -2.66. The van der Waals surface area contributed by atoms with E-state index in [0.29, 0.717) is 28.3 Å². The van der Waals surface area contributed by atoms with Crippen molar-refractivity contribution in [1.29, 1.82) is 0 Å². The molecule has 2 rings (SSSR count). The number of hydrogen-bond donors (Lipinski definition) is 1. The first-order chi connectivity index (χ1) is 14.6. The van der Waals surface area contributed by atoms with Gasteiger partial charge in [0.15, 0.2) is 0 Å². The van der Waals surface area contributed by atoms with Gasteiger partial charge >= 0.3 is 5.97 Å². The first kappa shape index (κ1) is 23.6. The molecular formula is C24H29ClN2O3. The third-order valence-corrected chi connectivity index (χ3v) is 4.81. The fourth-order valence-corrected chi connectivity index (χ4v) is 3.01. The Balaban J connectivity index is 1.73. The lowest BCUT2D eigenvalue weighted by Crippen LogP contribution is -2.16. The van der Waals surface area contributed by atoms with Crippen LogP contribution >= 0.6 is 11.6 Å². The van der Waals surface area contributed by atoms with Gasteiger partial charge in [0.1, 0.15) is 5.75 Å². The lowest BCUT2D eigenvalue weighted by molar-refractivity contribution is -0.121.